The van der Waals surface area contributed by atoms with Gasteiger partial charge in [-0.05, 0) is 45.4 Å². The second kappa shape index (κ2) is 12.6. The van der Waals surface area contributed by atoms with E-state index in [0.29, 0.717) is 6.61 Å². The van der Waals surface area contributed by atoms with Gasteiger partial charge in [0.05, 0.1) is 0 Å². The zero-order valence-electron chi connectivity index (χ0n) is 11.7. The molecule has 0 aromatic rings. The van der Waals surface area contributed by atoms with Gasteiger partial charge in [0.15, 0.2) is 0 Å². The Morgan fingerprint density at radius 3 is 2.22 bits per heavy atom. The second-order valence-corrected chi connectivity index (χ2v) is 4.93. The van der Waals surface area contributed by atoms with Gasteiger partial charge in [-0.2, -0.15) is 0 Å². The maximum Gasteiger partial charge on any atom is 0.303 e. The predicted octanol–water partition coefficient (Wildman–Crippen LogP) is 3.91. The largest absolute Gasteiger partial charge is 0.481 e. The molecule has 0 aliphatic carbocycles. The molecule has 18 heavy (non-hydrogen) atoms. The topological polar surface area (TPSA) is 57.5 Å². The van der Waals surface area contributed by atoms with Crippen molar-refractivity contribution in [1.29, 1.82) is 0 Å². The maximum absolute atomic E-state index is 10.3. The monoisotopic (exact) mass is 256 g/mol. The standard InChI is InChI=1S/C15H28O3/c1-14(10-6-3-2-4-9-13-16)11-7-5-8-12-15(17)18/h11,16H,2-10,12-13H2,1H3,(H,17,18)/b14-11+. The van der Waals surface area contributed by atoms with Crippen LogP contribution in [0.2, 0.25) is 0 Å². The molecule has 0 saturated carbocycles. The molecule has 0 aromatic heterocycles. The number of aliphatic carboxylic acids is 1. The van der Waals surface area contributed by atoms with Crippen LogP contribution in [0.5, 0.6) is 0 Å². The van der Waals surface area contributed by atoms with E-state index < -0.39 is 5.97 Å². The molecule has 2 N–H and O–H groups in total. The van der Waals surface area contributed by atoms with Crippen LogP contribution in [0, 0.1) is 0 Å². The average molecular weight is 256 g/mol. The Balaban J connectivity index is 3.34. The summed E-state index contributed by atoms with van der Waals surface area (Å²) in [6, 6.07) is 0. The molecular weight excluding hydrogens is 228 g/mol. The molecule has 0 spiro atoms. The Bertz CT molecular complexity index is 234. The van der Waals surface area contributed by atoms with Crippen LogP contribution in [0.25, 0.3) is 0 Å². The van der Waals surface area contributed by atoms with Crippen LogP contribution in [-0.2, 0) is 4.79 Å². The lowest BCUT2D eigenvalue weighted by molar-refractivity contribution is -0.137. The van der Waals surface area contributed by atoms with Gasteiger partial charge in [-0.25, -0.2) is 0 Å². The predicted molar refractivity (Wildman–Crippen MR) is 74.6 cm³/mol. The number of carboxylic acids is 1. The fourth-order valence-electron chi connectivity index (χ4n) is 1.92. The summed E-state index contributed by atoms with van der Waals surface area (Å²) in [7, 11) is 0. The summed E-state index contributed by atoms with van der Waals surface area (Å²) in [5, 5.41) is 17.1. The SMILES string of the molecule is C/C(=C\CCCCC(=O)O)CCCCCCCO. The highest BCUT2D eigenvalue weighted by Crippen LogP contribution is 2.12. The van der Waals surface area contributed by atoms with E-state index in [1.54, 1.807) is 0 Å². The quantitative estimate of drug-likeness (QED) is 0.411. The lowest BCUT2D eigenvalue weighted by atomic mass is 10.0. The highest BCUT2D eigenvalue weighted by atomic mass is 16.4. The third-order valence-corrected chi connectivity index (χ3v) is 3.07. The van der Waals surface area contributed by atoms with Gasteiger partial charge in [0.1, 0.15) is 0 Å². The summed E-state index contributed by atoms with van der Waals surface area (Å²) in [6.45, 7) is 2.47. The smallest absolute Gasteiger partial charge is 0.303 e. The molecule has 0 radical (unpaired) electrons. The highest BCUT2D eigenvalue weighted by Gasteiger charge is 1.96. The molecule has 0 saturated heterocycles. The Morgan fingerprint density at radius 1 is 0.944 bits per heavy atom. The zero-order chi connectivity index (χ0) is 13.6. The van der Waals surface area contributed by atoms with Crippen LogP contribution < -0.4 is 0 Å². The summed E-state index contributed by atoms with van der Waals surface area (Å²) in [6.07, 6.45) is 12.2. The number of carbonyl (C=O) groups is 1. The number of hydrogen-bond donors (Lipinski definition) is 2. The van der Waals surface area contributed by atoms with Crippen molar-refractivity contribution in [3.05, 3.63) is 11.6 Å². The Kier molecular flexibility index (Phi) is 12.0. The Hall–Kier alpha value is -0.830. The first-order chi connectivity index (χ1) is 8.66. The van der Waals surface area contributed by atoms with Crippen molar-refractivity contribution in [3.63, 3.8) is 0 Å². The van der Waals surface area contributed by atoms with Crippen LogP contribution in [0.3, 0.4) is 0 Å². The van der Waals surface area contributed by atoms with Gasteiger partial charge < -0.3 is 10.2 Å². The highest BCUT2D eigenvalue weighted by molar-refractivity contribution is 5.66. The van der Waals surface area contributed by atoms with E-state index in [4.69, 9.17) is 10.2 Å². The van der Waals surface area contributed by atoms with Crippen molar-refractivity contribution in [3.8, 4) is 0 Å². The van der Waals surface area contributed by atoms with Crippen LogP contribution in [0.15, 0.2) is 11.6 Å². The van der Waals surface area contributed by atoms with Gasteiger partial charge in [-0.15, -0.1) is 0 Å². The third kappa shape index (κ3) is 13.2. The summed E-state index contributed by atoms with van der Waals surface area (Å²) in [5.41, 5.74) is 1.42. The summed E-state index contributed by atoms with van der Waals surface area (Å²) in [4.78, 5) is 10.3. The van der Waals surface area contributed by atoms with Gasteiger partial charge in [0.2, 0.25) is 0 Å². The molecule has 0 unspecified atom stereocenters. The van der Waals surface area contributed by atoms with Gasteiger partial charge in [0.25, 0.3) is 0 Å². The van der Waals surface area contributed by atoms with Crippen molar-refractivity contribution < 1.29 is 15.0 Å². The lowest BCUT2D eigenvalue weighted by Gasteiger charge is -2.02. The van der Waals surface area contributed by atoms with Gasteiger partial charge in [0, 0.05) is 13.0 Å². The zero-order valence-corrected chi connectivity index (χ0v) is 11.7. The van der Waals surface area contributed by atoms with E-state index in [-0.39, 0.29) is 6.42 Å². The van der Waals surface area contributed by atoms with Crippen molar-refractivity contribution in [1.82, 2.24) is 0 Å². The minimum Gasteiger partial charge on any atom is -0.481 e. The first kappa shape index (κ1) is 17.2. The molecule has 0 atom stereocenters. The number of aliphatic hydroxyl groups is 1. The molecule has 0 aliphatic rings. The molecule has 0 aliphatic heterocycles. The molecular formula is C15H28O3. The lowest BCUT2D eigenvalue weighted by Crippen LogP contribution is -1.93. The van der Waals surface area contributed by atoms with E-state index in [1.807, 2.05) is 0 Å². The number of allylic oxidation sites excluding steroid dienone is 2. The summed E-state index contributed by atoms with van der Waals surface area (Å²) in [5.74, 6) is -0.696. The molecule has 0 heterocycles. The van der Waals surface area contributed by atoms with Crippen molar-refractivity contribution >= 4 is 5.97 Å². The van der Waals surface area contributed by atoms with E-state index in [1.165, 1.54) is 24.8 Å². The maximum atomic E-state index is 10.3. The van der Waals surface area contributed by atoms with Crippen LogP contribution in [0.4, 0.5) is 0 Å². The number of carboxylic acid groups (broad SMARTS) is 1. The second-order valence-electron chi connectivity index (χ2n) is 4.93. The van der Waals surface area contributed by atoms with E-state index >= 15 is 0 Å². The average Bonchev–Trinajstić information content (AvgIpc) is 2.33. The molecule has 3 nitrogen and oxygen atoms in total. The van der Waals surface area contributed by atoms with Gasteiger partial charge in [-0.3, -0.25) is 4.79 Å². The molecule has 0 aromatic carbocycles. The van der Waals surface area contributed by atoms with Crippen LogP contribution in [-0.4, -0.2) is 22.8 Å². The molecule has 3 heteroatoms. The normalized spacial score (nSPS) is 11.8. The number of aliphatic hydroxyl groups excluding tert-OH is 1. The molecule has 0 bridgehead atoms. The number of rotatable bonds is 12. The summed E-state index contributed by atoms with van der Waals surface area (Å²) < 4.78 is 0. The minimum absolute atomic E-state index is 0.289. The Labute approximate surface area is 111 Å². The van der Waals surface area contributed by atoms with E-state index in [0.717, 1.165) is 38.5 Å². The van der Waals surface area contributed by atoms with Crippen LogP contribution in [0.1, 0.15) is 71.1 Å². The summed E-state index contributed by atoms with van der Waals surface area (Å²) >= 11 is 0. The first-order valence-corrected chi connectivity index (χ1v) is 7.15. The van der Waals surface area contributed by atoms with Crippen molar-refractivity contribution in [2.75, 3.05) is 6.61 Å². The van der Waals surface area contributed by atoms with Crippen molar-refractivity contribution in [2.24, 2.45) is 0 Å². The van der Waals surface area contributed by atoms with E-state index in [9.17, 15) is 4.79 Å². The van der Waals surface area contributed by atoms with Crippen molar-refractivity contribution in [2.45, 2.75) is 71.1 Å². The van der Waals surface area contributed by atoms with Gasteiger partial charge in [-0.1, -0.05) is 30.9 Å². The fourth-order valence-corrected chi connectivity index (χ4v) is 1.92. The van der Waals surface area contributed by atoms with E-state index in [2.05, 4.69) is 13.0 Å². The molecule has 0 fully saturated rings. The molecule has 106 valence electrons. The fraction of sp³-hybridized carbons (Fsp3) is 0.800. The molecule has 0 amide bonds. The molecule has 0 rings (SSSR count). The minimum atomic E-state index is -0.696. The first-order valence-electron chi connectivity index (χ1n) is 7.15. The third-order valence-electron chi connectivity index (χ3n) is 3.07. The number of hydrogen-bond acceptors (Lipinski definition) is 2. The Morgan fingerprint density at radius 2 is 1.56 bits per heavy atom. The van der Waals surface area contributed by atoms with Crippen LogP contribution >= 0.6 is 0 Å². The number of unbranched alkanes of at least 4 members (excludes halogenated alkanes) is 6. The van der Waals surface area contributed by atoms with Gasteiger partial charge >= 0.3 is 5.97 Å².